The van der Waals surface area contributed by atoms with Gasteiger partial charge in [0.2, 0.25) is 0 Å². The van der Waals surface area contributed by atoms with Crippen LogP contribution in [-0.4, -0.2) is 15.5 Å². The molecule has 2 rings (SSSR count). The van der Waals surface area contributed by atoms with Crippen LogP contribution < -0.4 is 14.2 Å². The van der Waals surface area contributed by atoms with Crippen molar-refractivity contribution in [2.75, 3.05) is 11.8 Å². The summed E-state index contributed by atoms with van der Waals surface area (Å²) in [7, 11) is -1.99. The van der Waals surface area contributed by atoms with Crippen LogP contribution in [0.15, 0.2) is 54.6 Å². The van der Waals surface area contributed by atoms with E-state index < -0.39 is 10.2 Å². The Morgan fingerprint density at radius 1 is 1.00 bits per heavy atom. The van der Waals surface area contributed by atoms with Gasteiger partial charge in [-0.15, -0.1) is 0 Å². The molecule has 0 radical (unpaired) electrons. The van der Waals surface area contributed by atoms with Gasteiger partial charge in [0.15, 0.2) is 0 Å². The second-order valence-electron chi connectivity index (χ2n) is 4.14. The summed E-state index contributed by atoms with van der Waals surface area (Å²) in [5.74, 6) is 0.735. The third-order valence-corrected chi connectivity index (χ3v) is 3.68. The van der Waals surface area contributed by atoms with Gasteiger partial charge in [-0.1, -0.05) is 30.3 Å². The number of ether oxygens (including phenoxy) is 1. The molecule has 0 aliphatic carbocycles. The smallest absolute Gasteiger partial charge is 0.299 e. The topological polar surface area (TPSA) is 67.4 Å². The average molecular weight is 292 g/mol. The van der Waals surface area contributed by atoms with Crippen LogP contribution in [0.25, 0.3) is 0 Å². The Morgan fingerprint density at radius 3 is 2.25 bits per heavy atom. The molecule has 0 fully saturated rings. The lowest BCUT2D eigenvalue weighted by atomic mass is 10.2. The lowest BCUT2D eigenvalue weighted by Gasteiger charge is -2.09. The van der Waals surface area contributed by atoms with E-state index in [1.54, 1.807) is 43.5 Å². The minimum atomic E-state index is -3.58. The van der Waals surface area contributed by atoms with Gasteiger partial charge < -0.3 is 4.74 Å². The van der Waals surface area contributed by atoms with Gasteiger partial charge in [0.25, 0.3) is 10.2 Å². The highest BCUT2D eigenvalue weighted by molar-refractivity contribution is 7.90. The minimum absolute atomic E-state index is 0.214. The minimum Gasteiger partial charge on any atom is -0.497 e. The largest absolute Gasteiger partial charge is 0.497 e. The van der Waals surface area contributed by atoms with E-state index in [2.05, 4.69) is 9.44 Å². The van der Waals surface area contributed by atoms with Crippen molar-refractivity contribution in [3.8, 4) is 5.75 Å². The molecule has 0 aromatic heterocycles. The monoisotopic (exact) mass is 292 g/mol. The Kier molecular flexibility index (Phi) is 4.60. The zero-order valence-electron chi connectivity index (χ0n) is 11.0. The summed E-state index contributed by atoms with van der Waals surface area (Å²) in [4.78, 5) is 0. The molecule has 0 unspecified atom stereocenters. The second kappa shape index (κ2) is 6.40. The first-order valence-corrected chi connectivity index (χ1v) is 7.53. The van der Waals surface area contributed by atoms with Gasteiger partial charge in [-0.2, -0.15) is 13.1 Å². The van der Waals surface area contributed by atoms with Gasteiger partial charge in [-0.3, -0.25) is 4.72 Å². The predicted molar refractivity (Wildman–Crippen MR) is 78.8 cm³/mol. The van der Waals surface area contributed by atoms with E-state index in [0.29, 0.717) is 5.69 Å². The number of methoxy groups -OCH3 is 1. The summed E-state index contributed by atoms with van der Waals surface area (Å²) in [5.41, 5.74) is 1.37. The molecule has 0 aliphatic rings. The third kappa shape index (κ3) is 4.25. The SMILES string of the molecule is COc1ccc(CNS(=O)(=O)Nc2ccccc2)cc1. The number of nitrogens with one attached hydrogen (secondary N) is 2. The van der Waals surface area contributed by atoms with Crippen molar-refractivity contribution in [3.05, 3.63) is 60.2 Å². The Hall–Kier alpha value is -2.05. The Bertz CT molecular complexity index is 640. The zero-order chi connectivity index (χ0) is 14.4. The first-order valence-electron chi connectivity index (χ1n) is 6.04. The van der Waals surface area contributed by atoms with Crippen molar-refractivity contribution in [3.63, 3.8) is 0 Å². The van der Waals surface area contributed by atoms with Crippen molar-refractivity contribution < 1.29 is 13.2 Å². The van der Waals surface area contributed by atoms with Crippen LogP contribution in [0, 0.1) is 0 Å². The lowest BCUT2D eigenvalue weighted by Crippen LogP contribution is -2.29. The van der Waals surface area contributed by atoms with Crippen LogP contribution in [0.1, 0.15) is 5.56 Å². The summed E-state index contributed by atoms with van der Waals surface area (Å²) >= 11 is 0. The van der Waals surface area contributed by atoms with Gasteiger partial charge in [-0.05, 0) is 29.8 Å². The number of para-hydroxylation sites is 1. The summed E-state index contributed by atoms with van der Waals surface area (Å²) in [6.45, 7) is 0.214. The molecule has 0 heterocycles. The van der Waals surface area contributed by atoms with Crippen LogP contribution in [-0.2, 0) is 16.8 Å². The molecule has 0 spiro atoms. The highest BCUT2D eigenvalue weighted by Gasteiger charge is 2.09. The van der Waals surface area contributed by atoms with Crippen LogP contribution >= 0.6 is 0 Å². The Balaban J connectivity index is 1.95. The quantitative estimate of drug-likeness (QED) is 0.857. The maximum atomic E-state index is 11.8. The zero-order valence-corrected chi connectivity index (χ0v) is 11.9. The van der Waals surface area contributed by atoms with Gasteiger partial charge >= 0.3 is 0 Å². The molecule has 106 valence electrons. The molecule has 20 heavy (non-hydrogen) atoms. The van der Waals surface area contributed by atoms with Crippen molar-refractivity contribution in [2.24, 2.45) is 0 Å². The first-order chi connectivity index (χ1) is 9.59. The molecule has 0 amide bonds. The second-order valence-corrected chi connectivity index (χ2v) is 5.64. The van der Waals surface area contributed by atoms with Crippen LogP contribution in [0.3, 0.4) is 0 Å². The Morgan fingerprint density at radius 2 is 1.65 bits per heavy atom. The molecule has 2 N–H and O–H groups in total. The number of hydrogen-bond donors (Lipinski definition) is 2. The van der Waals surface area contributed by atoms with Crippen LogP contribution in [0.2, 0.25) is 0 Å². The van der Waals surface area contributed by atoms with E-state index in [9.17, 15) is 8.42 Å². The number of anilines is 1. The molecule has 0 saturated heterocycles. The van der Waals surface area contributed by atoms with Crippen molar-refractivity contribution in [1.29, 1.82) is 0 Å². The van der Waals surface area contributed by atoms with E-state index in [4.69, 9.17) is 4.74 Å². The predicted octanol–water partition coefficient (Wildman–Crippen LogP) is 2.14. The molecular formula is C14H16N2O3S. The summed E-state index contributed by atoms with van der Waals surface area (Å²) < 4.78 is 33.7. The van der Waals surface area contributed by atoms with E-state index >= 15 is 0 Å². The average Bonchev–Trinajstić information content (AvgIpc) is 2.46. The maximum Gasteiger partial charge on any atom is 0.299 e. The van der Waals surface area contributed by atoms with E-state index in [0.717, 1.165) is 11.3 Å². The van der Waals surface area contributed by atoms with Crippen LogP contribution in [0.5, 0.6) is 5.75 Å². The summed E-state index contributed by atoms with van der Waals surface area (Å²) in [6, 6.07) is 15.9. The van der Waals surface area contributed by atoms with E-state index in [1.165, 1.54) is 0 Å². The van der Waals surface area contributed by atoms with Crippen molar-refractivity contribution in [1.82, 2.24) is 4.72 Å². The Labute approximate surface area is 118 Å². The standard InChI is InChI=1S/C14H16N2O3S/c1-19-14-9-7-12(8-10-14)11-15-20(17,18)16-13-5-3-2-4-6-13/h2-10,15-16H,11H2,1H3. The highest BCUT2D eigenvalue weighted by Crippen LogP contribution is 2.12. The molecular weight excluding hydrogens is 276 g/mol. The fourth-order valence-electron chi connectivity index (χ4n) is 1.62. The third-order valence-electron chi connectivity index (χ3n) is 2.65. The van der Waals surface area contributed by atoms with Gasteiger partial charge in [0, 0.05) is 12.2 Å². The number of benzene rings is 2. The van der Waals surface area contributed by atoms with Gasteiger partial charge in [-0.25, -0.2) is 0 Å². The molecule has 0 atom stereocenters. The van der Waals surface area contributed by atoms with Gasteiger partial charge in [0.1, 0.15) is 5.75 Å². The maximum absolute atomic E-state index is 11.8. The number of rotatable bonds is 6. The fourth-order valence-corrected chi connectivity index (χ4v) is 2.49. The van der Waals surface area contributed by atoms with Crippen LogP contribution in [0.4, 0.5) is 5.69 Å². The molecule has 2 aromatic rings. The first kappa shape index (κ1) is 14.4. The van der Waals surface area contributed by atoms with E-state index in [-0.39, 0.29) is 6.54 Å². The normalized spacial score (nSPS) is 11.1. The summed E-state index contributed by atoms with van der Waals surface area (Å²) in [5, 5.41) is 0. The summed E-state index contributed by atoms with van der Waals surface area (Å²) in [6.07, 6.45) is 0. The molecule has 0 saturated carbocycles. The highest BCUT2D eigenvalue weighted by atomic mass is 32.2. The lowest BCUT2D eigenvalue weighted by molar-refractivity contribution is 0.414. The molecule has 5 nitrogen and oxygen atoms in total. The number of hydrogen-bond acceptors (Lipinski definition) is 3. The van der Waals surface area contributed by atoms with E-state index in [1.807, 2.05) is 18.2 Å². The molecule has 2 aromatic carbocycles. The van der Waals surface area contributed by atoms with Crippen molar-refractivity contribution >= 4 is 15.9 Å². The molecule has 6 heteroatoms. The van der Waals surface area contributed by atoms with Crippen molar-refractivity contribution in [2.45, 2.75) is 6.54 Å². The molecule has 0 aliphatic heterocycles. The molecule has 0 bridgehead atoms. The fraction of sp³-hybridized carbons (Fsp3) is 0.143. The van der Waals surface area contributed by atoms with Gasteiger partial charge in [0.05, 0.1) is 7.11 Å².